The monoisotopic (exact) mass is 264 g/mol. The number of nitrogens with zero attached hydrogens (tertiary/aromatic N) is 2. The van der Waals surface area contributed by atoms with Crippen LogP contribution in [0.2, 0.25) is 0 Å². The second-order valence-corrected chi connectivity index (χ2v) is 5.18. The van der Waals surface area contributed by atoms with E-state index in [1.165, 1.54) is 11.1 Å². The van der Waals surface area contributed by atoms with Crippen molar-refractivity contribution in [3.05, 3.63) is 47.0 Å². The third-order valence-electron chi connectivity index (χ3n) is 3.41. The van der Waals surface area contributed by atoms with Crippen molar-refractivity contribution >= 4 is 11.6 Å². The smallest absolute Gasteiger partial charge is 0.0234 e. The zero-order valence-electron chi connectivity index (χ0n) is 11.0. The fraction of sp³-hybridized carbons (Fsp3) is 0.467. The van der Waals surface area contributed by atoms with Gasteiger partial charge in [-0.2, -0.15) is 0 Å². The molecule has 3 heteroatoms. The van der Waals surface area contributed by atoms with Gasteiger partial charge in [-0.25, -0.2) is 0 Å². The quantitative estimate of drug-likeness (QED) is 0.825. The summed E-state index contributed by atoms with van der Waals surface area (Å²) >= 11 is 5.55. The van der Waals surface area contributed by atoms with Crippen molar-refractivity contribution in [3.8, 4) is 0 Å². The molecule has 0 radical (unpaired) electrons. The van der Waals surface area contributed by atoms with Crippen molar-refractivity contribution in [1.82, 2.24) is 9.80 Å². The topological polar surface area (TPSA) is 6.48 Å². The molecule has 1 fully saturated rings. The van der Waals surface area contributed by atoms with E-state index >= 15 is 0 Å². The highest BCUT2D eigenvalue weighted by Crippen LogP contribution is 2.10. The summed E-state index contributed by atoms with van der Waals surface area (Å²) in [6.45, 7) is 8.75. The van der Waals surface area contributed by atoms with Crippen LogP contribution in [0.25, 0.3) is 0 Å². The number of hydrogen-bond donors (Lipinski definition) is 0. The molecule has 1 saturated heterocycles. The molecule has 0 saturated carbocycles. The number of halogens is 1. The molecular weight excluding hydrogens is 244 g/mol. The number of rotatable bonds is 4. The lowest BCUT2D eigenvalue weighted by Gasteiger charge is -2.34. The van der Waals surface area contributed by atoms with Crippen LogP contribution in [0.5, 0.6) is 0 Å². The summed E-state index contributed by atoms with van der Waals surface area (Å²) < 4.78 is 0. The van der Waals surface area contributed by atoms with Gasteiger partial charge in [-0.05, 0) is 12.5 Å². The van der Waals surface area contributed by atoms with Gasteiger partial charge in [-0.1, -0.05) is 47.5 Å². The van der Waals surface area contributed by atoms with Crippen LogP contribution in [0.4, 0.5) is 0 Å². The minimum Gasteiger partial charge on any atom is -0.297 e. The first-order valence-corrected chi connectivity index (χ1v) is 6.97. The fourth-order valence-electron chi connectivity index (χ4n) is 2.39. The Morgan fingerprint density at radius 1 is 1.17 bits per heavy atom. The summed E-state index contributed by atoms with van der Waals surface area (Å²) in [5.74, 6) is 0. The van der Waals surface area contributed by atoms with E-state index in [4.69, 9.17) is 11.6 Å². The summed E-state index contributed by atoms with van der Waals surface area (Å²) in [5.41, 5.74) is 4.38. The van der Waals surface area contributed by atoms with Crippen LogP contribution in [0.15, 0.2) is 35.9 Å². The minimum atomic E-state index is 0.974. The van der Waals surface area contributed by atoms with Gasteiger partial charge in [0.25, 0.3) is 0 Å². The number of hydrogen-bond acceptors (Lipinski definition) is 2. The Balaban J connectivity index is 1.80. The van der Waals surface area contributed by atoms with Gasteiger partial charge in [0.1, 0.15) is 0 Å². The molecule has 0 spiro atoms. The van der Waals surface area contributed by atoms with E-state index in [1.807, 2.05) is 6.08 Å². The Morgan fingerprint density at radius 3 is 2.56 bits per heavy atom. The molecule has 0 atom stereocenters. The van der Waals surface area contributed by atoms with Crippen molar-refractivity contribution < 1.29 is 0 Å². The molecule has 0 unspecified atom stereocenters. The molecule has 1 aliphatic rings. The van der Waals surface area contributed by atoms with Gasteiger partial charge in [0.15, 0.2) is 0 Å². The molecular formula is C15H21ClN2. The highest BCUT2D eigenvalue weighted by molar-refractivity contribution is 6.25. The van der Waals surface area contributed by atoms with E-state index in [1.54, 1.807) is 5.54 Å². The van der Waals surface area contributed by atoms with Crippen molar-refractivity contribution in [2.45, 2.75) is 13.5 Å². The Labute approximate surface area is 115 Å². The van der Waals surface area contributed by atoms with E-state index < -0.39 is 0 Å². The van der Waals surface area contributed by atoms with Crippen molar-refractivity contribution in [2.24, 2.45) is 0 Å². The third kappa shape index (κ3) is 4.13. The first-order valence-electron chi connectivity index (χ1n) is 6.53. The van der Waals surface area contributed by atoms with Crippen molar-refractivity contribution in [3.63, 3.8) is 0 Å². The Kier molecular flexibility index (Phi) is 5.24. The lowest BCUT2D eigenvalue weighted by atomic mass is 10.1. The lowest BCUT2D eigenvalue weighted by molar-refractivity contribution is 0.137. The summed E-state index contributed by atoms with van der Waals surface area (Å²) in [5, 5.41) is 0. The molecule has 1 aromatic carbocycles. The minimum absolute atomic E-state index is 0.974. The first-order chi connectivity index (χ1) is 8.78. The van der Waals surface area contributed by atoms with Crippen LogP contribution >= 0.6 is 11.6 Å². The second-order valence-electron chi connectivity index (χ2n) is 4.93. The lowest BCUT2D eigenvalue weighted by Crippen LogP contribution is -2.45. The molecule has 1 heterocycles. The summed E-state index contributed by atoms with van der Waals surface area (Å²) in [6.07, 6.45) is 2.01. The molecule has 0 amide bonds. The molecule has 98 valence electrons. The van der Waals surface area contributed by atoms with E-state index in [0.29, 0.717) is 0 Å². The fourth-order valence-corrected chi connectivity index (χ4v) is 2.47. The molecule has 0 bridgehead atoms. The maximum Gasteiger partial charge on any atom is 0.0234 e. The van der Waals surface area contributed by atoms with Gasteiger partial charge in [0, 0.05) is 44.8 Å². The molecule has 18 heavy (non-hydrogen) atoms. The van der Waals surface area contributed by atoms with E-state index in [0.717, 1.165) is 39.3 Å². The predicted molar refractivity (Wildman–Crippen MR) is 77.9 cm³/mol. The van der Waals surface area contributed by atoms with Crippen LogP contribution in [0.1, 0.15) is 11.1 Å². The van der Waals surface area contributed by atoms with Crippen LogP contribution < -0.4 is 0 Å². The van der Waals surface area contributed by atoms with Crippen LogP contribution in [0.3, 0.4) is 0 Å². The van der Waals surface area contributed by atoms with Gasteiger partial charge >= 0.3 is 0 Å². The highest BCUT2D eigenvalue weighted by atomic mass is 35.5. The number of aryl methyl sites for hydroxylation is 1. The van der Waals surface area contributed by atoms with Crippen molar-refractivity contribution in [2.75, 3.05) is 32.7 Å². The molecule has 2 nitrogen and oxygen atoms in total. The molecule has 2 rings (SSSR count). The Bertz CT molecular complexity index is 395. The van der Waals surface area contributed by atoms with Gasteiger partial charge in [0.2, 0.25) is 0 Å². The summed E-state index contributed by atoms with van der Waals surface area (Å²) in [4.78, 5) is 4.96. The maximum atomic E-state index is 5.55. The predicted octanol–water partition coefficient (Wildman–Crippen LogP) is 2.87. The van der Waals surface area contributed by atoms with E-state index in [-0.39, 0.29) is 0 Å². The third-order valence-corrected chi connectivity index (χ3v) is 3.58. The summed E-state index contributed by atoms with van der Waals surface area (Å²) in [6, 6.07) is 8.80. The molecule has 0 aliphatic carbocycles. The highest BCUT2D eigenvalue weighted by Gasteiger charge is 2.15. The second kappa shape index (κ2) is 6.93. The molecule has 0 aromatic heterocycles. The zero-order chi connectivity index (χ0) is 12.8. The average molecular weight is 265 g/mol. The average Bonchev–Trinajstić information content (AvgIpc) is 2.38. The SMILES string of the molecule is Cc1cccc(CN2CCN(C/C=C/Cl)CC2)c1. The largest absolute Gasteiger partial charge is 0.297 e. The summed E-state index contributed by atoms with van der Waals surface area (Å²) in [7, 11) is 0. The Hall–Kier alpha value is -0.830. The van der Waals surface area contributed by atoms with Gasteiger partial charge in [0.05, 0.1) is 0 Å². The van der Waals surface area contributed by atoms with Gasteiger partial charge in [-0.3, -0.25) is 9.80 Å². The Morgan fingerprint density at radius 2 is 1.89 bits per heavy atom. The molecule has 0 N–H and O–H groups in total. The van der Waals surface area contributed by atoms with E-state index in [2.05, 4.69) is 41.0 Å². The van der Waals surface area contributed by atoms with Crippen molar-refractivity contribution in [1.29, 1.82) is 0 Å². The number of piperazine rings is 1. The van der Waals surface area contributed by atoms with Crippen LogP contribution in [0, 0.1) is 6.92 Å². The van der Waals surface area contributed by atoms with Crippen LogP contribution in [-0.2, 0) is 6.54 Å². The zero-order valence-corrected chi connectivity index (χ0v) is 11.7. The standard InChI is InChI=1S/C15H21ClN2/c1-14-4-2-5-15(12-14)13-18-10-8-17(9-11-18)7-3-6-16/h2-6,12H,7-11,13H2,1H3/b6-3+. The molecule has 1 aliphatic heterocycles. The van der Waals surface area contributed by atoms with Crippen LogP contribution in [-0.4, -0.2) is 42.5 Å². The first kappa shape index (κ1) is 13.6. The van der Waals surface area contributed by atoms with Gasteiger partial charge < -0.3 is 0 Å². The van der Waals surface area contributed by atoms with E-state index in [9.17, 15) is 0 Å². The van der Waals surface area contributed by atoms with Gasteiger partial charge in [-0.15, -0.1) is 0 Å². The number of benzene rings is 1. The molecule has 1 aromatic rings. The normalized spacial score (nSPS) is 18.6. The maximum absolute atomic E-state index is 5.55.